The Hall–Kier alpha value is -4.06. The van der Waals surface area contributed by atoms with E-state index in [1.54, 1.807) is 13.0 Å². The molecule has 4 fully saturated rings. The molecule has 0 spiro atoms. The molecule has 3 aromatic rings. The van der Waals surface area contributed by atoms with Crippen LogP contribution in [0.25, 0.3) is 17.2 Å². The van der Waals surface area contributed by atoms with Gasteiger partial charge < -0.3 is 19.5 Å². The number of esters is 1. The van der Waals surface area contributed by atoms with E-state index in [0.29, 0.717) is 32.8 Å². The van der Waals surface area contributed by atoms with Crippen LogP contribution in [0.1, 0.15) is 75.5 Å². The van der Waals surface area contributed by atoms with Crippen LogP contribution >= 0.6 is 0 Å². The van der Waals surface area contributed by atoms with Gasteiger partial charge in [0.2, 0.25) is 5.91 Å². The van der Waals surface area contributed by atoms with Crippen LogP contribution in [0, 0.1) is 17.8 Å². The summed E-state index contributed by atoms with van der Waals surface area (Å²) in [5.74, 6) is 3.77. The molecule has 4 aliphatic rings. The smallest absolute Gasteiger partial charge is 0.330 e. The molecule has 6 heteroatoms. The first-order valence-electron chi connectivity index (χ1n) is 16.6. The van der Waals surface area contributed by atoms with Crippen molar-refractivity contribution in [2.75, 3.05) is 19.8 Å². The monoisotopic (exact) mass is 607 g/mol. The summed E-state index contributed by atoms with van der Waals surface area (Å²) in [6.07, 6.45) is 11.8. The summed E-state index contributed by atoms with van der Waals surface area (Å²) in [6.45, 7) is 5.21. The summed E-state index contributed by atoms with van der Waals surface area (Å²) in [5.41, 5.74) is 5.62. The lowest BCUT2D eigenvalue weighted by Gasteiger charge is -2.57. The summed E-state index contributed by atoms with van der Waals surface area (Å²) < 4.78 is 18.0. The summed E-state index contributed by atoms with van der Waals surface area (Å²) in [5, 5.41) is 2.84. The van der Waals surface area contributed by atoms with Crippen molar-refractivity contribution in [2.24, 2.45) is 17.8 Å². The number of amides is 1. The van der Waals surface area contributed by atoms with Crippen molar-refractivity contribution in [3.05, 3.63) is 89.5 Å². The number of carbonyl (C=O) groups is 2. The minimum Gasteiger partial charge on any atom is -0.493 e. The van der Waals surface area contributed by atoms with Gasteiger partial charge in [-0.05, 0) is 116 Å². The van der Waals surface area contributed by atoms with Crippen LogP contribution in [-0.2, 0) is 26.3 Å². The second-order valence-electron chi connectivity index (χ2n) is 13.2. The van der Waals surface area contributed by atoms with E-state index >= 15 is 0 Å². The first-order chi connectivity index (χ1) is 21.9. The van der Waals surface area contributed by atoms with Gasteiger partial charge in [0.25, 0.3) is 0 Å². The zero-order chi connectivity index (χ0) is 31.2. The van der Waals surface area contributed by atoms with Crippen LogP contribution < -0.4 is 14.8 Å². The van der Waals surface area contributed by atoms with Gasteiger partial charge in [0.1, 0.15) is 18.1 Å². The maximum absolute atomic E-state index is 12.0. The predicted molar refractivity (Wildman–Crippen MR) is 177 cm³/mol. The van der Waals surface area contributed by atoms with Gasteiger partial charge in [0.15, 0.2) is 0 Å². The summed E-state index contributed by atoms with van der Waals surface area (Å²) in [4.78, 5) is 23.3. The Morgan fingerprint density at radius 3 is 2.31 bits per heavy atom. The average Bonchev–Trinajstić information content (AvgIpc) is 3.02. The molecule has 0 radical (unpaired) electrons. The van der Waals surface area contributed by atoms with E-state index in [-0.39, 0.29) is 17.3 Å². The van der Waals surface area contributed by atoms with Crippen molar-refractivity contribution in [2.45, 2.75) is 70.8 Å². The van der Waals surface area contributed by atoms with Gasteiger partial charge in [0, 0.05) is 30.7 Å². The lowest BCUT2D eigenvalue weighted by molar-refractivity contribution is -0.137. The van der Waals surface area contributed by atoms with Crippen LogP contribution in [-0.4, -0.2) is 31.6 Å². The number of hydrogen-bond donors (Lipinski definition) is 1. The standard InChI is InChI=1S/C39H45NO5/c1-3-43-38(42)15-11-28-10-13-34(37(21-28)44-17-7-16-40-27(2)41)33-12-14-36(45-26-29-8-5-4-6-9-29)35(22-33)39-23-30-18-31(24-39)20-32(19-30)25-39/h4-6,8-15,21-22,30-32H,3,7,16-20,23-26H2,1-2H3,(H,40,41)/b15-11+. The van der Waals surface area contributed by atoms with E-state index in [1.165, 1.54) is 62.7 Å². The van der Waals surface area contributed by atoms with Crippen molar-refractivity contribution in [1.82, 2.24) is 5.32 Å². The molecule has 0 aliphatic heterocycles. The molecule has 0 unspecified atom stereocenters. The largest absolute Gasteiger partial charge is 0.493 e. The van der Waals surface area contributed by atoms with Gasteiger partial charge in [-0.25, -0.2) is 4.79 Å². The number of nitrogens with one attached hydrogen (secondary N) is 1. The third-order valence-corrected chi connectivity index (χ3v) is 9.79. The Labute approximate surface area is 267 Å². The van der Waals surface area contributed by atoms with E-state index in [2.05, 4.69) is 53.8 Å². The molecule has 1 amide bonds. The van der Waals surface area contributed by atoms with Crippen LogP contribution in [0.4, 0.5) is 0 Å². The lowest BCUT2D eigenvalue weighted by atomic mass is 9.48. The van der Waals surface area contributed by atoms with Crippen molar-refractivity contribution < 1.29 is 23.8 Å². The summed E-state index contributed by atoms with van der Waals surface area (Å²) in [6, 6.07) is 23.2. The second-order valence-corrected chi connectivity index (χ2v) is 13.2. The fourth-order valence-corrected chi connectivity index (χ4v) is 8.29. The Kier molecular flexibility index (Phi) is 9.58. The third-order valence-electron chi connectivity index (χ3n) is 9.79. The highest BCUT2D eigenvalue weighted by Gasteiger charge is 2.52. The molecule has 4 saturated carbocycles. The van der Waals surface area contributed by atoms with Gasteiger partial charge in [-0.2, -0.15) is 0 Å². The van der Waals surface area contributed by atoms with Crippen LogP contribution in [0.3, 0.4) is 0 Å². The molecule has 0 heterocycles. The number of benzene rings is 3. The SMILES string of the molecule is CCOC(=O)/C=C/c1ccc(-c2ccc(OCc3ccccc3)c(C34CC5CC(CC(C5)C3)C4)c2)c(OCCCNC(C)=O)c1. The molecule has 0 aromatic heterocycles. The zero-order valence-electron chi connectivity index (χ0n) is 26.6. The fourth-order valence-electron chi connectivity index (χ4n) is 8.29. The molecule has 236 valence electrons. The second kappa shape index (κ2) is 13.9. The van der Waals surface area contributed by atoms with E-state index in [4.69, 9.17) is 14.2 Å². The van der Waals surface area contributed by atoms with E-state index in [0.717, 1.165) is 45.9 Å². The summed E-state index contributed by atoms with van der Waals surface area (Å²) in [7, 11) is 0. The number of ether oxygens (including phenoxy) is 3. The minimum absolute atomic E-state index is 0.0476. The molecule has 4 bridgehead atoms. The van der Waals surface area contributed by atoms with Crippen molar-refractivity contribution >= 4 is 18.0 Å². The maximum atomic E-state index is 12.0. The van der Waals surface area contributed by atoms with Crippen molar-refractivity contribution in [3.63, 3.8) is 0 Å². The van der Waals surface area contributed by atoms with Gasteiger partial charge in [-0.15, -0.1) is 0 Å². The first kappa shape index (κ1) is 30.9. The minimum atomic E-state index is -0.370. The van der Waals surface area contributed by atoms with Crippen molar-refractivity contribution in [1.29, 1.82) is 0 Å². The lowest BCUT2D eigenvalue weighted by Crippen LogP contribution is -2.48. The topological polar surface area (TPSA) is 73.9 Å². The van der Waals surface area contributed by atoms with Gasteiger partial charge in [0.05, 0.1) is 13.2 Å². The number of hydrogen-bond acceptors (Lipinski definition) is 5. The zero-order valence-corrected chi connectivity index (χ0v) is 26.6. The van der Waals surface area contributed by atoms with Gasteiger partial charge in [-0.1, -0.05) is 48.5 Å². The molecule has 6 nitrogen and oxygen atoms in total. The van der Waals surface area contributed by atoms with Crippen molar-refractivity contribution in [3.8, 4) is 22.6 Å². The quantitative estimate of drug-likeness (QED) is 0.122. The van der Waals surface area contributed by atoms with E-state index in [1.807, 2.05) is 18.2 Å². The number of carbonyl (C=O) groups excluding carboxylic acids is 2. The molecular formula is C39H45NO5. The highest BCUT2D eigenvalue weighted by Crippen LogP contribution is 2.62. The average molecular weight is 608 g/mol. The Balaban J connectivity index is 1.34. The molecular weight excluding hydrogens is 562 g/mol. The summed E-state index contributed by atoms with van der Waals surface area (Å²) >= 11 is 0. The molecule has 45 heavy (non-hydrogen) atoms. The van der Waals surface area contributed by atoms with Gasteiger partial charge in [-0.3, -0.25) is 4.79 Å². The molecule has 1 N–H and O–H groups in total. The molecule has 7 rings (SSSR count). The molecule has 0 atom stereocenters. The number of rotatable bonds is 13. The Morgan fingerprint density at radius 1 is 0.889 bits per heavy atom. The molecule has 4 aliphatic carbocycles. The maximum Gasteiger partial charge on any atom is 0.330 e. The van der Waals surface area contributed by atoms with E-state index < -0.39 is 0 Å². The molecule has 0 saturated heterocycles. The van der Waals surface area contributed by atoms with E-state index in [9.17, 15) is 9.59 Å². The normalized spacial score (nSPS) is 23.2. The third kappa shape index (κ3) is 7.43. The van der Waals surface area contributed by atoms with Gasteiger partial charge >= 0.3 is 5.97 Å². The fraction of sp³-hybridized carbons (Fsp3) is 0.436. The Morgan fingerprint density at radius 2 is 1.62 bits per heavy atom. The highest BCUT2D eigenvalue weighted by molar-refractivity contribution is 5.87. The van der Waals surface area contributed by atoms with Crippen LogP contribution in [0.2, 0.25) is 0 Å². The van der Waals surface area contributed by atoms with Crippen LogP contribution in [0.15, 0.2) is 72.8 Å². The Bertz CT molecular complexity index is 1490. The van der Waals surface area contributed by atoms with Crippen LogP contribution in [0.5, 0.6) is 11.5 Å². The predicted octanol–water partition coefficient (Wildman–Crippen LogP) is 7.88. The first-order valence-corrected chi connectivity index (χ1v) is 16.6. The molecule has 3 aromatic carbocycles. The highest BCUT2D eigenvalue weighted by atomic mass is 16.5.